The Morgan fingerprint density at radius 2 is 1.90 bits per heavy atom. The van der Waals surface area contributed by atoms with Gasteiger partial charge in [-0.3, -0.25) is 9.59 Å². The Labute approximate surface area is 122 Å². The summed E-state index contributed by atoms with van der Waals surface area (Å²) in [7, 11) is -1.86. The number of carbonyl (C=O) groups is 1. The molecular weight excluding hydrogens is 298 g/mol. The summed E-state index contributed by atoms with van der Waals surface area (Å²) in [5.74, 6) is -0.198. The van der Waals surface area contributed by atoms with Crippen LogP contribution in [0.2, 0.25) is 0 Å². The SMILES string of the molecule is COc1c[nH]c(C(=O)N2CCN(S(C)(=O)=O)CC2)cc1=O. The normalized spacial score (nSPS) is 16.8. The molecule has 21 heavy (non-hydrogen) atoms. The van der Waals surface area contributed by atoms with Crippen molar-refractivity contribution in [2.24, 2.45) is 0 Å². The van der Waals surface area contributed by atoms with Gasteiger partial charge in [0.05, 0.1) is 13.4 Å². The van der Waals surface area contributed by atoms with E-state index in [4.69, 9.17) is 4.74 Å². The quantitative estimate of drug-likeness (QED) is 0.779. The van der Waals surface area contributed by atoms with Gasteiger partial charge in [-0.1, -0.05) is 0 Å². The van der Waals surface area contributed by atoms with Crippen LogP contribution in [0.4, 0.5) is 0 Å². The molecule has 1 aliphatic heterocycles. The van der Waals surface area contributed by atoms with Gasteiger partial charge in [-0.05, 0) is 0 Å². The molecule has 2 heterocycles. The van der Waals surface area contributed by atoms with E-state index in [1.165, 1.54) is 28.6 Å². The number of carbonyl (C=O) groups excluding carboxylic acids is 1. The molecule has 0 aromatic carbocycles. The molecule has 0 saturated carbocycles. The minimum absolute atomic E-state index is 0.133. The number of nitrogens with zero attached hydrogens (tertiary/aromatic N) is 2. The topological polar surface area (TPSA) is 99.8 Å². The van der Waals surface area contributed by atoms with E-state index >= 15 is 0 Å². The molecule has 1 N–H and O–H groups in total. The first kappa shape index (κ1) is 15.5. The van der Waals surface area contributed by atoms with Crippen molar-refractivity contribution in [3.63, 3.8) is 0 Å². The van der Waals surface area contributed by atoms with Crippen molar-refractivity contribution < 1.29 is 17.9 Å². The number of amides is 1. The molecule has 1 amide bonds. The van der Waals surface area contributed by atoms with Crippen LogP contribution in [0.15, 0.2) is 17.1 Å². The second-order valence-corrected chi connectivity index (χ2v) is 6.72. The summed E-state index contributed by atoms with van der Waals surface area (Å²) in [4.78, 5) is 28.1. The summed E-state index contributed by atoms with van der Waals surface area (Å²) in [6, 6.07) is 1.18. The molecule has 1 aromatic heterocycles. The van der Waals surface area contributed by atoms with Crippen LogP contribution in [-0.4, -0.2) is 68.1 Å². The predicted octanol–water partition coefficient (Wildman–Crippen LogP) is -0.899. The van der Waals surface area contributed by atoms with E-state index in [1.807, 2.05) is 0 Å². The zero-order valence-electron chi connectivity index (χ0n) is 11.8. The Morgan fingerprint density at radius 1 is 1.29 bits per heavy atom. The highest BCUT2D eigenvalue weighted by Crippen LogP contribution is 2.10. The third-order valence-electron chi connectivity index (χ3n) is 3.32. The fourth-order valence-corrected chi connectivity index (χ4v) is 2.96. The summed E-state index contributed by atoms with van der Waals surface area (Å²) < 4.78 is 29.0. The van der Waals surface area contributed by atoms with Gasteiger partial charge < -0.3 is 14.6 Å². The van der Waals surface area contributed by atoms with Crippen LogP contribution in [0.5, 0.6) is 5.75 Å². The monoisotopic (exact) mass is 315 g/mol. The number of sulfonamides is 1. The maximum Gasteiger partial charge on any atom is 0.270 e. The lowest BCUT2D eigenvalue weighted by atomic mass is 10.2. The van der Waals surface area contributed by atoms with Crippen molar-refractivity contribution in [1.29, 1.82) is 0 Å². The number of H-pyrrole nitrogens is 1. The van der Waals surface area contributed by atoms with Gasteiger partial charge in [-0.2, -0.15) is 4.31 Å². The fraction of sp³-hybridized carbons (Fsp3) is 0.500. The molecule has 1 aliphatic rings. The highest BCUT2D eigenvalue weighted by Gasteiger charge is 2.27. The van der Waals surface area contributed by atoms with Crippen molar-refractivity contribution in [2.45, 2.75) is 0 Å². The number of pyridine rings is 1. The number of rotatable bonds is 3. The molecule has 116 valence electrons. The first-order valence-corrected chi connectivity index (χ1v) is 8.19. The van der Waals surface area contributed by atoms with Gasteiger partial charge in [0.1, 0.15) is 5.69 Å². The molecule has 1 saturated heterocycles. The molecule has 0 bridgehead atoms. The zero-order valence-corrected chi connectivity index (χ0v) is 12.6. The van der Waals surface area contributed by atoms with Crippen LogP contribution in [0, 0.1) is 0 Å². The predicted molar refractivity (Wildman–Crippen MR) is 75.9 cm³/mol. The Kier molecular flexibility index (Phi) is 4.33. The number of ether oxygens (including phenoxy) is 1. The molecule has 9 heteroatoms. The van der Waals surface area contributed by atoms with Gasteiger partial charge in [0.2, 0.25) is 15.5 Å². The smallest absolute Gasteiger partial charge is 0.270 e. The van der Waals surface area contributed by atoms with Gasteiger partial charge in [-0.25, -0.2) is 8.42 Å². The number of nitrogens with one attached hydrogen (secondary N) is 1. The molecule has 0 spiro atoms. The summed E-state index contributed by atoms with van der Waals surface area (Å²) in [6.45, 7) is 1.09. The maximum absolute atomic E-state index is 12.3. The van der Waals surface area contributed by atoms with E-state index in [0.29, 0.717) is 13.1 Å². The van der Waals surface area contributed by atoms with Crippen molar-refractivity contribution in [1.82, 2.24) is 14.2 Å². The third kappa shape index (κ3) is 3.42. The lowest BCUT2D eigenvalue weighted by Gasteiger charge is -2.33. The minimum atomic E-state index is -3.23. The average molecular weight is 315 g/mol. The largest absolute Gasteiger partial charge is 0.491 e. The summed E-state index contributed by atoms with van der Waals surface area (Å²) in [5.41, 5.74) is -0.219. The number of aromatic nitrogens is 1. The van der Waals surface area contributed by atoms with Crippen molar-refractivity contribution in [3.8, 4) is 5.75 Å². The van der Waals surface area contributed by atoms with E-state index in [0.717, 1.165) is 6.26 Å². The van der Waals surface area contributed by atoms with Crippen LogP contribution in [0.1, 0.15) is 10.5 Å². The van der Waals surface area contributed by atoms with Crippen molar-refractivity contribution in [3.05, 3.63) is 28.2 Å². The number of methoxy groups -OCH3 is 1. The first-order chi connectivity index (χ1) is 9.82. The Morgan fingerprint density at radius 3 is 2.38 bits per heavy atom. The van der Waals surface area contributed by atoms with E-state index < -0.39 is 10.0 Å². The average Bonchev–Trinajstić information content (AvgIpc) is 2.45. The second-order valence-electron chi connectivity index (χ2n) is 4.73. The van der Waals surface area contributed by atoms with Crippen molar-refractivity contribution in [2.75, 3.05) is 39.5 Å². The van der Waals surface area contributed by atoms with E-state index in [1.54, 1.807) is 0 Å². The van der Waals surface area contributed by atoms with Crippen LogP contribution >= 0.6 is 0 Å². The molecule has 1 aromatic rings. The lowest BCUT2D eigenvalue weighted by Crippen LogP contribution is -2.50. The first-order valence-electron chi connectivity index (χ1n) is 6.34. The third-order valence-corrected chi connectivity index (χ3v) is 4.63. The lowest BCUT2D eigenvalue weighted by molar-refractivity contribution is 0.0692. The number of hydrogen-bond donors (Lipinski definition) is 1. The van der Waals surface area contributed by atoms with Gasteiger partial charge in [-0.15, -0.1) is 0 Å². The van der Waals surface area contributed by atoms with Crippen molar-refractivity contribution >= 4 is 15.9 Å². The molecule has 0 atom stereocenters. The van der Waals surface area contributed by atoms with Gasteiger partial charge in [0, 0.05) is 38.4 Å². The molecular formula is C12H17N3O5S. The fourth-order valence-electron chi connectivity index (χ4n) is 2.13. The van der Waals surface area contributed by atoms with Crippen LogP contribution < -0.4 is 10.2 Å². The van der Waals surface area contributed by atoms with Gasteiger partial charge in [0.25, 0.3) is 5.91 Å². The number of piperazine rings is 1. The maximum atomic E-state index is 12.3. The Hall–Kier alpha value is -1.87. The molecule has 0 radical (unpaired) electrons. The zero-order chi connectivity index (χ0) is 15.6. The second kappa shape index (κ2) is 5.86. The van der Waals surface area contributed by atoms with Crippen LogP contribution in [-0.2, 0) is 10.0 Å². The van der Waals surface area contributed by atoms with E-state index in [2.05, 4.69) is 4.98 Å². The summed E-state index contributed by atoms with van der Waals surface area (Å²) >= 11 is 0. The standard InChI is InChI=1S/C12H17N3O5S/c1-20-11-8-13-9(7-10(11)16)12(17)14-3-5-15(6-4-14)21(2,18)19/h7-8H,3-6H2,1-2H3,(H,13,16). The Balaban J connectivity index is 2.09. The molecule has 1 fully saturated rings. The van der Waals surface area contributed by atoms with Crippen LogP contribution in [0.25, 0.3) is 0 Å². The highest BCUT2D eigenvalue weighted by molar-refractivity contribution is 7.88. The van der Waals surface area contributed by atoms with Crippen LogP contribution in [0.3, 0.4) is 0 Å². The number of aromatic amines is 1. The molecule has 2 rings (SSSR count). The Bertz CT molecular complexity index is 689. The molecule has 0 aliphatic carbocycles. The minimum Gasteiger partial charge on any atom is -0.491 e. The van der Waals surface area contributed by atoms with E-state index in [-0.39, 0.29) is 35.9 Å². The summed E-state index contributed by atoms with van der Waals surface area (Å²) in [5, 5.41) is 0. The number of hydrogen-bond acceptors (Lipinski definition) is 5. The highest BCUT2D eigenvalue weighted by atomic mass is 32.2. The van der Waals surface area contributed by atoms with Gasteiger partial charge >= 0.3 is 0 Å². The molecule has 0 unspecified atom stereocenters. The van der Waals surface area contributed by atoms with Gasteiger partial charge in [0.15, 0.2) is 5.75 Å². The molecule has 8 nitrogen and oxygen atoms in total. The summed E-state index contributed by atoms with van der Waals surface area (Å²) in [6.07, 6.45) is 2.48. The van der Waals surface area contributed by atoms with E-state index in [9.17, 15) is 18.0 Å².